The Balaban J connectivity index is 3.66. The normalized spacial score (nSPS) is 29.7. The number of carbonyl (C=O) groups is 4. The zero-order valence-corrected chi connectivity index (χ0v) is 15.0. The predicted octanol–water partition coefficient (Wildman–Crippen LogP) is -0.300. The maximum Gasteiger partial charge on any atom is 0.305 e. The van der Waals surface area contributed by atoms with Crippen LogP contribution in [0.4, 0.5) is 0 Å². The minimum atomic E-state index is -2.51. The number of azide groups is 1. The van der Waals surface area contributed by atoms with E-state index in [1.165, 1.54) is 0 Å². The molecule has 0 aromatic rings. The zero-order chi connectivity index (χ0) is 20.8. The van der Waals surface area contributed by atoms with Crippen LogP contribution in [-0.2, 0) is 42.9 Å². The van der Waals surface area contributed by atoms with Gasteiger partial charge in [-0.15, -0.1) is 0 Å². The Bertz CT molecular complexity index is 662. The summed E-state index contributed by atoms with van der Waals surface area (Å²) in [4.78, 5) is 48.7. The molecule has 27 heavy (non-hydrogen) atoms. The fourth-order valence-electron chi connectivity index (χ4n) is 2.54. The maximum atomic E-state index is 11.7. The molecule has 1 fully saturated rings. The molecule has 0 bridgehead atoms. The van der Waals surface area contributed by atoms with Gasteiger partial charge in [0.15, 0.2) is 6.10 Å². The molecule has 1 rings (SSSR count). The first kappa shape index (κ1) is 22.2. The highest BCUT2D eigenvalue weighted by Gasteiger charge is 2.64. The third-order valence-corrected chi connectivity index (χ3v) is 3.27. The molecule has 5 atom stereocenters. The molecule has 0 spiro atoms. The highest BCUT2D eigenvalue weighted by Crippen LogP contribution is 2.39. The number of hydrogen-bond acceptors (Lipinski definition) is 11. The van der Waals surface area contributed by atoms with Gasteiger partial charge < -0.3 is 28.8 Å². The summed E-state index contributed by atoms with van der Waals surface area (Å²) < 4.78 is 25.4. The fraction of sp³-hybridized carbons (Fsp3) is 0.714. The zero-order valence-electron chi connectivity index (χ0n) is 15.0. The summed E-state index contributed by atoms with van der Waals surface area (Å²) in [6, 6.07) is 0. The van der Waals surface area contributed by atoms with Crippen molar-refractivity contribution in [1.29, 1.82) is 0 Å². The van der Waals surface area contributed by atoms with E-state index in [1.54, 1.807) is 0 Å². The number of aliphatic hydroxyl groups is 1. The summed E-state index contributed by atoms with van der Waals surface area (Å²) in [6.45, 7) is 3.14. The fourth-order valence-corrected chi connectivity index (χ4v) is 2.54. The average molecular weight is 389 g/mol. The van der Waals surface area contributed by atoms with Crippen LogP contribution < -0.4 is 0 Å². The van der Waals surface area contributed by atoms with Crippen molar-refractivity contribution in [1.82, 2.24) is 0 Å². The molecule has 150 valence electrons. The van der Waals surface area contributed by atoms with Crippen LogP contribution in [0.15, 0.2) is 5.11 Å². The lowest BCUT2D eigenvalue weighted by Crippen LogP contribution is -2.70. The molecule has 0 aromatic carbocycles. The predicted molar refractivity (Wildman–Crippen MR) is 82.3 cm³/mol. The Morgan fingerprint density at radius 1 is 1.00 bits per heavy atom. The maximum absolute atomic E-state index is 11.7. The lowest BCUT2D eigenvalue weighted by Gasteiger charge is -2.48. The minimum Gasteiger partial charge on any atom is -0.455 e. The van der Waals surface area contributed by atoms with Crippen LogP contribution >= 0.6 is 0 Å². The third kappa shape index (κ3) is 5.29. The first-order valence-corrected chi connectivity index (χ1v) is 7.61. The van der Waals surface area contributed by atoms with Gasteiger partial charge >= 0.3 is 23.9 Å². The van der Waals surface area contributed by atoms with E-state index in [4.69, 9.17) is 29.2 Å². The molecule has 0 radical (unpaired) electrons. The van der Waals surface area contributed by atoms with Gasteiger partial charge in [0.1, 0.15) is 6.10 Å². The van der Waals surface area contributed by atoms with Crippen molar-refractivity contribution < 1.29 is 48.0 Å². The first-order valence-electron chi connectivity index (χ1n) is 7.61. The second-order valence-electron chi connectivity index (χ2n) is 5.43. The van der Waals surface area contributed by atoms with Crippen molar-refractivity contribution in [2.45, 2.75) is 58.0 Å². The second kappa shape index (κ2) is 9.16. The van der Waals surface area contributed by atoms with E-state index >= 15 is 0 Å². The first-order chi connectivity index (χ1) is 12.6. The van der Waals surface area contributed by atoms with E-state index in [-0.39, 0.29) is 0 Å². The standard InChI is InChI=1S/C14H19N3O10/c1-6(19)23-11-10(5-18)26-13(25-8(3)21)12(24-7(2)20)14(11,16-17-15)27-9(4)22/h10-13,18H,5H2,1-4H3/t10-,11+,12+,13?,14+/m1/s1. The summed E-state index contributed by atoms with van der Waals surface area (Å²) in [5.74, 6) is -3.72. The van der Waals surface area contributed by atoms with E-state index < -0.39 is 60.8 Å². The Hall–Kier alpha value is -2.89. The van der Waals surface area contributed by atoms with Crippen molar-refractivity contribution in [2.75, 3.05) is 6.61 Å². The Morgan fingerprint density at radius 3 is 1.93 bits per heavy atom. The monoisotopic (exact) mass is 389 g/mol. The van der Waals surface area contributed by atoms with Gasteiger partial charge in [0.2, 0.25) is 12.4 Å². The van der Waals surface area contributed by atoms with Crippen LogP contribution in [0.2, 0.25) is 0 Å². The summed E-state index contributed by atoms with van der Waals surface area (Å²) >= 11 is 0. The van der Waals surface area contributed by atoms with Gasteiger partial charge in [-0.2, -0.15) is 0 Å². The number of ether oxygens (including phenoxy) is 5. The van der Waals surface area contributed by atoms with E-state index in [2.05, 4.69) is 10.0 Å². The highest BCUT2D eigenvalue weighted by atomic mass is 16.7. The molecule has 0 amide bonds. The summed E-state index contributed by atoms with van der Waals surface area (Å²) in [7, 11) is 0. The minimum absolute atomic E-state index is 0.813. The Kier molecular flexibility index (Phi) is 7.52. The van der Waals surface area contributed by atoms with Gasteiger partial charge in [-0.05, 0) is 10.6 Å². The SMILES string of the molecule is CC(=O)OC1O[C@H](CO)[C@H](OC(C)=O)[C@](N=[N+]=[N-])(OC(C)=O)[C@H]1OC(C)=O. The molecule has 1 aliphatic heterocycles. The number of hydrogen-bond donors (Lipinski definition) is 1. The van der Waals surface area contributed by atoms with E-state index in [9.17, 15) is 24.3 Å². The van der Waals surface area contributed by atoms with Gasteiger partial charge in [0, 0.05) is 32.6 Å². The van der Waals surface area contributed by atoms with Gasteiger partial charge in [-0.1, -0.05) is 0 Å². The van der Waals surface area contributed by atoms with Crippen molar-refractivity contribution in [3.05, 3.63) is 10.4 Å². The molecule has 1 unspecified atom stereocenters. The molecule has 0 aliphatic carbocycles. The topological polar surface area (TPSA) is 183 Å². The Labute approximate surface area is 153 Å². The third-order valence-electron chi connectivity index (χ3n) is 3.27. The number of aliphatic hydroxyl groups excluding tert-OH is 1. The molecule has 1 heterocycles. The van der Waals surface area contributed by atoms with Crippen LogP contribution in [0.3, 0.4) is 0 Å². The smallest absolute Gasteiger partial charge is 0.305 e. The van der Waals surface area contributed by atoms with Crippen LogP contribution in [0.1, 0.15) is 27.7 Å². The molecule has 1 aliphatic rings. The van der Waals surface area contributed by atoms with Crippen molar-refractivity contribution in [3.63, 3.8) is 0 Å². The molecule has 0 saturated carbocycles. The Morgan fingerprint density at radius 2 is 1.52 bits per heavy atom. The lowest BCUT2D eigenvalue weighted by molar-refractivity contribution is -0.328. The summed E-state index contributed by atoms with van der Waals surface area (Å²) in [5, 5.41) is 13.0. The van der Waals surface area contributed by atoms with Gasteiger partial charge in [-0.3, -0.25) is 19.2 Å². The summed E-state index contributed by atoms with van der Waals surface area (Å²) in [6.07, 6.45) is -6.73. The molecule has 1 saturated heterocycles. The largest absolute Gasteiger partial charge is 0.455 e. The number of carbonyl (C=O) groups excluding carboxylic acids is 4. The van der Waals surface area contributed by atoms with E-state index in [0.717, 1.165) is 27.7 Å². The van der Waals surface area contributed by atoms with Crippen molar-refractivity contribution in [2.24, 2.45) is 5.11 Å². The van der Waals surface area contributed by atoms with E-state index in [0.29, 0.717) is 0 Å². The number of nitrogens with zero attached hydrogens (tertiary/aromatic N) is 3. The van der Waals surface area contributed by atoms with Gasteiger partial charge in [0.25, 0.3) is 5.72 Å². The molecular weight excluding hydrogens is 370 g/mol. The van der Waals surface area contributed by atoms with Crippen LogP contribution in [0, 0.1) is 0 Å². The quantitative estimate of drug-likeness (QED) is 0.208. The molecule has 13 nitrogen and oxygen atoms in total. The van der Waals surface area contributed by atoms with Crippen LogP contribution in [0.25, 0.3) is 10.4 Å². The highest BCUT2D eigenvalue weighted by molar-refractivity contribution is 5.69. The molecular formula is C14H19N3O10. The summed E-state index contributed by atoms with van der Waals surface area (Å²) in [5.41, 5.74) is 6.49. The average Bonchev–Trinajstić information content (AvgIpc) is 2.52. The van der Waals surface area contributed by atoms with Gasteiger partial charge in [-0.25, -0.2) is 0 Å². The number of esters is 4. The second-order valence-corrected chi connectivity index (χ2v) is 5.43. The molecule has 0 aromatic heterocycles. The lowest BCUT2D eigenvalue weighted by atomic mass is 9.91. The van der Waals surface area contributed by atoms with Gasteiger partial charge in [0.05, 0.1) is 6.61 Å². The molecule has 1 N–H and O–H groups in total. The van der Waals surface area contributed by atoms with Crippen LogP contribution in [-0.4, -0.2) is 65.9 Å². The molecule has 13 heteroatoms. The van der Waals surface area contributed by atoms with Crippen molar-refractivity contribution in [3.8, 4) is 0 Å². The number of rotatable bonds is 6. The van der Waals surface area contributed by atoms with Crippen molar-refractivity contribution >= 4 is 23.9 Å². The van der Waals surface area contributed by atoms with E-state index in [1.807, 2.05) is 0 Å². The van der Waals surface area contributed by atoms with Crippen LogP contribution in [0.5, 0.6) is 0 Å².